The van der Waals surface area contributed by atoms with Gasteiger partial charge in [0.2, 0.25) is 0 Å². The molecule has 0 aromatic heterocycles. The lowest BCUT2D eigenvalue weighted by atomic mass is 9.77. The molecular formula is C16H19NO2. The molecule has 1 fully saturated rings. The van der Waals surface area contributed by atoms with E-state index in [1.807, 2.05) is 6.07 Å². The van der Waals surface area contributed by atoms with E-state index in [2.05, 4.69) is 30.2 Å². The van der Waals surface area contributed by atoms with E-state index in [0.717, 1.165) is 25.7 Å². The van der Waals surface area contributed by atoms with Crippen molar-refractivity contribution in [1.29, 1.82) is 0 Å². The largest absolute Gasteiger partial charge is 0.433 e. The Morgan fingerprint density at radius 3 is 2.42 bits per heavy atom. The predicted molar refractivity (Wildman–Crippen MR) is 74.4 cm³/mol. The Kier molecular flexibility index (Phi) is 4.46. The van der Waals surface area contributed by atoms with Crippen LogP contribution in [0, 0.1) is 18.3 Å². The van der Waals surface area contributed by atoms with Crippen LogP contribution in [-0.2, 0) is 4.74 Å². The maximum atomic E-state index is 10.8. The third kappa shape index (κ3) is 3.51. The smallest absolute Gasteiger partial charge is 0.405 e. The van der Waals surface area contributed by atoms with Gasteiger partial charge in [-0.05, 0) is 37.2 Å². The van der Waals surface area contributed by atoms with Crippen molar-refractivity contribution in [3.63, 3.8) is 0 Å². The minimum absolute atomic E-state index is 0.234. The van der Waals surface area contributed by atoms with E-state index >= 15 is 0 Å². The van der Waals surface area contributed by atoms with Crippen molar-refractivity contribution < 1.29 is 9.53 Å². The molecule has 0 saturated heterocycles. The maximum Gasteiger partial charge on any atom is 0.405 e. The number of nitrogens with two attached hydrogens (primary N) is 1. The second-order valence-corrected chi connectivity index (χ2v) is 5.05. The lowest BCUT2D eigenvalue weighted by molar-refractivity contribution is 0.0857. The molecule has 1 amide bonds. The zero-order chi connectivity index (χ0) is 13.7. The minimum Gasteiger partial charge on any atom is -0.433 e. The summed E-state index contributed by atoms with van der Waals surface area (Å²) in [6.45, 7) is 0. The number of rotatable bonds is 3. The van der Waals surface area contributed by atoms with Crippen LogP contribution < -0.4 is 5.73 Å². The first kappa shape index (κ1) is 13.5. The van der Waals surface area contributed by atoms with Crippen molar-refractivity contribution in [1.82, 2.24) is 0 Å². The van der Waals surface area contributed by atoms with Crippen LogP contribution in [0.3, 0.4) is 0 Å². The van der Waals surface area contributed by atoms with E-state index in [0.29, 0.717) is 5.92 Å². The van der Waals surface area contributed by atoms with Crippen molar-refractivity contribution >= 4 is 6.09 Å². The number of hydrogen-bond acceptors (Lipinski definition) is 2. The van der Waals surface area contributed by atoms with Crippen LogP contribution in [0.5, 0.6) is 0 Å². The highest BCUT2D eigenvalue weighted by Crippen LogP contribution is 2.37. The lowest BCUT2D eigenvalue weighted by Crippen LogP contribution is -2.30. The average molecular weight is 257 g/mol. The number of carbonyl (C=O) groups is 1. The predicted octanol–water partition coefficient (Wildman–Crippen LogP) is 3.06. The van der Waals surface area contributed by atoms with Gasteiger partial charge in [-0.25, -0.2) is 4.79 Å². The number of carbonyl (C=O) groups excluding carboxylic acids is 1. The first-order valence-corrected chi connectivity index (χ1v) is 6.68. The molecule has 1 aliphatic carbocycles. The highest BCUT2D eigenvalue weighted by Gasteiger charge is 2.29. The normalized spacial score (nSPS) is 24.2. The number of amides is 1. The molecule has 0 radical (unpaired) electrons. The summed E-state index contributed by atoms with van der Waals surface area (Å²) in [5.41, 5.74) is 6.42. The Morgan fingerprint density at radius 1 is 1.26 bits per heavy atom. The molecule has 2 rings (SSSR count). The summed E-state index contributed by atoms with van der Waals surface area (Å²) in [6, 6.07) is 10.5. The van der Waals surface area contributed by atoms with Crippen molar-refractivity contribution in [3.8, 4) is 12.3 Å². The van der Waals surface area contributed by atoms with E-state index < -0.39 is 12.2 Å². The number of terminal acetylenes is 1. The Labute approximate surface area is 114 Å². The Balaban J connectivity index is 1.92. The SMILES string of the molecule is C#C[C@@H](OC(N)=O)C1CCC(c2ccccc2)CC1. The topological polar surface area (TPSA) is 52.3 Å². The van der Waals surface area contributed by atoms with Crippen LogP contribution in [0.4, 0.5) is 4.79 Å². The molecule has 19 heavy (non-hydrogen) atoms. The molecule has 3 heteroatoms. The van der Waals surface area contributed by atoms with Gasteiger partial charge >= 0.3 is 6.09 Å². The van der Waals surface area contributed by atoms with E-state index in [1.54, 1.807) is 0 Å². The number of ether oxygens (including phenoxy) is 1. The third-order valence-corrected chi connectivity index (χ3v) is 3.88. The molecule has 0 spiro atoms. The summed E-state index contributed by atoms with van der Waals surface area (Å²) in [5.74, 6) is 3.36. The molecule has 1 aromatic rings. The van der Waals surface area contributed by atoms with Crippen LogP contribution in [0.1, 0.15) is 37.2 Å². The summed E-state index contributed by atoms with van der Waals surface area (Å²) in [4.78, 5) is 10.8. The van der Waals surface area contributed by atoms with E-state index in [9.17, 15) is 4.79 Å². The van der Waals surface area contributed by atoms with E-state index in [4.69, 9.17) is 16.9 Å². The standard InChI is InChI=1S/C16H19NO2/c1-2-15(19-16(17)18)14-10-8-13(9-11-14)12-6-4-3-5-7-12/h1,3-7,13-15H,8-11H2,(H2,17,18)/t13?,14?,15-/m1/s1. The van der Waals surface area contributed by atoms with Gasteiger partial charge in [-0.1, -0.05) is 36.3 Å². The van der Waals surface area contributed by atoms with Gasteiger partial charge in [0, 0.05) is 5.92 Å². The zero-order valence-electron chi connectivity index (χ0n) is 10.9. The molecule has 0 unspecified atom stereocenters. The second kappa shape index (κ2) is 6.29. The van der Waals surface area contributed by atoms with Gasteiger partial charge in [0.25, 0.3) is 0 Å². The van der Waals surface area contributed by atoms with Gasteiger partial charge in [-0.15, -0.1) is 6.42 Å². The van der Waals surface area contributed by atoms with Gasteiger partial charge in [0.15, 0.2) is 6.10 Å². The van der Waals surface area contributed by atoms with Crippen LogP contribution in [0.2, 0.25) is 0 Å². The fourth-order valence-corrected chi connectivity index (χ4v) is 2.87. The van der Waals surface area contributed by atoms with Crippen molar-refractivity contribution in [2.75, 3.05) is 0 Å². The monoisotopic (exact) mass is 257 g/mol. The molecule has 2 N–H and O–H groups in total. The molecule has 1 aromatic carbocycles. The van der Waals surface area contributed by atoms with Gasteiger partial charge in [0.1, 0.15) is 0 Å². The first-order valence-electron chi connectivity index (χ1n) is 6.68. The van der Waals surface area contributed by atoms with Crippen LogP contribution in [0.25, 0.3) is 0 Å². The summed E-state index contributed by atoms with van der Waals surface area (Å²) in [7, 11) is 0. The first-order chi connectivity index (χ1) is 9.20. The molecule has 1 aliphatic rings. The van der Waals surface area contributed by atoms with Crippen molar-refractivity contribution in [2.45, 2.75) is 37.7 Å². The van der Waals surface area contributed by atoms with Gasteiger partial charge < -0.3 is 10.5 Å². The van der Waals surface area contributed by atoms with Gasteiger partial charge in [-0.3, -0.25) is 0 Å². The molecule has 0 aliphatic heterocycles. The van der Waals surface area contributed by atoms with Gasteiger partial charge in [-0.2, -0.15) is 0 Å². The maximum absolute atomic E-state index is 10.8. The number of hydrogen-bond donors (Lipinski definition) is 1. The fourth-order valence-electron chi connectivity index (χ4n) is 2.87. The highest BCUT2D eigenvalue weighted by molar-refractivity contribution is 5.65. The fraction of sp³-hybridized carbons (Fsp3) is 0.438. The molecule has 100 valence electrons. The van der Waals surface area contributed by atoms with E-state index in [-0.39, 0.29) is 5.92 Å². The van der Waals surface area contributed by atoms with Crippen LogP contribution in [-0.4, -0.2) is 12.2 Å². The van der Waals surface area contributed by atoms with Crippen molar-refractivity contribution in [3.05, 3.63) is 35.9 Å². The second-order valence-electron chi connectivity index (χ2n) is 5.05. The molecule has 3 nitrogen and oxygen atoms in total. The molecular weight excluding hydrogens is 238 g/mol. The van der Waals surface area contributed by atoms with E-state index in [1.165, 1.54) is 5.56 Å². The van der Waals surface area contributed by atoms with Crippen molar-refractivity contribution in [2.24, 2.45) is 11.7 Å². The number of benzene rings is 1. The summed E-state index contributed by atoms with van der Waals surface area (Å²) in [5, 5.41) is 0. The molecule has 1 saturated carbocycles. The highest BCUT2D eigenvalue weighted by atomic mass is 16.6. The summed E-state index contributed by atoms with van der Waals surface area (Å²) < 4.78 is 4.98. The third-order valence-electron chi connectivity index (χ3n) is 3.88. The summed E-state index contributed by atoms with van der Waals surface area (Å²) in [6.07, 6.45) is 8.26. The molecule has 0 heterocycles. The lowest BCUT2D eigenvalue weighted by Gasteiger charge is -2.31. The molecule has 0 bridgehead atoms. The quantitative estimate of drug-likeness (QED) is 0.846. The summed E-state index contributed by atoms with van der Waals surface area (Å²) >= 11 is 0. The molecule has 1 atom stereocenters. The Morgan fingerprint density at radius 2 is 1.89 bits per heavy atom. The average Bonchev–Trinajstić information content (AvgIpc) is 2.46. The Hall–Kier alpha value is -1.95. The minimum atomic E-state index is -0.784. The Bertz CT molecular complexity index is 455. The number of primary amides is 1. The van der Waals surface area contributed by atoms with Gasteiger partial charge in [0.05, 0.1) is 0 Å². The van der Waals surface area contributed by atoms with Crippen LogP contribution >= 0.6 is 0 Å². The van der Waals surface area contributed by atoms with Crippen LogP contribution in [0.15, 0.2) is 30.3 Å². The zero-order valence-corrected chi connectivity index (χ0v) is 10.9.